The molecule has 19 heavy (non-hydrogen) atoms. The van der Waals surface area contributed by atoms with Crippen LogP contribution in [0.4, 0.5) is 0 Å². The fourth-order valence-electron chi connectivity index (χ4n) is 1.86. The summed E-state index contributed by atoms with van der Waals surface area (Å²) in [6, 6.07) is 1.92. The molecule has 2 N–H and O–H groups in total. The molecule has 0 amide bonds. The van der Waals surface area contributed by atoms with E-state index in [9.17, 15) is 0 Å². The molecule has 2 heterocycles. The van der Waals surface area contributed by atoms with Crippen LogP contribution in [0.15, 0.2) is 24.8 Å². The Morgan fingerprint density at radius 3 is 2.84 bits per heavy atom. The van der Waals surface area contributed by atoms with E-state index in [0.717, 1.165) is 23.7 Å². The van der Waals surface area contributed by atoms with Gasteiger partial charge in [-0.2, -0.15) is 5.10 Å². The number of aromatic amines is 1. The molecule has 0 fully saturated rings. The van der Waals surface area contributed by atoms with Gasteiger partial charge in [0.05, 0.1) is 18.3 Å². The molecular weight excluding hydrogens is 242 g/mol. The van der Waals surface area contributed by atoms with Gasteiger partial charge in [0.15, 0.2) is 0 Å². The molecule has 0 aromatic carbocycles. The molecule has 0 aliphatic heterocycles. The molecule has 0 bridgehead atoms. The second-order valence-corrected chi connectivity index (χ2v) is 4.48. The Kier molecular flexibility index (Phi) is 4.46. The lowest BCUT2D eigenvalue weighted by Gasteiger charge is -2.17. The van der Waals surface area contributed by atoms with Crippen molar-refractivity contribution in [3.63, 3.8) is 0 Å². The second kappa shape index (κ2) is 6.29. The number of ether oxygens (including phenoxy) is 1. The maximum atomic E-state index is 5.66. The zero-order chi connectivity index (χ0) is 13.7. The molecular formula is C13H19N5O. The molecule has 102 valence electrons. The first-order chi connectivity index (χ1) is 9.20. The van der Waals surface area contributed by atoms with Crippen LogP contribution in [0.3, 0.4) is 0 Å². The minimum Gasteiger partial charge on any atom is -0.489 e. The monoisotopic (exact) mass is 261 g/mol. The van der Waals surface area contributed by atoms with Crippen LogP contribution in [0.5, 0.6) is 5.75 Å². The number of nitrogens with one attached hydrogen (secondary N) is 2. The van der Waals surface area contributed by atoms with Crippen molar-refractivity contribution in [3.8, 4) is 5.75 Å². The van der Waals surface area contributed by atoms with Gasteiger partial charge in [-0.05, 0) is 32.0 Å². The third-order valence-electron chi connectivity index (χ3n) is 2.55. The molecule has 1 atom stereocenters. The Morgan fingerprint density at radius 2 is 2.21 bits per heavy atom. The minimum atomic E-state index is -0.0595. The summed E-state index contributed by atoms with van der Waals surface area (Å²) in [7, 11) is 0. The SMILES string of the molecule is CCNC(c1cncc(OC(C)C)c1)c1ncn[nH]1. The standard InChI is InChI=1S/C13H19N5O/c1-4-15-12(13-16-8-17-18-13)10-5-11(7-14-6-10)19-9(2)3/h5-9,12,15H,4H2,1-3H3,(H,16,17,18). The van der Waals surface area contributed by atoms with E-state index in [0.29, 0.717) is 0 Å². The molecule has 2 aromatic rings. The van der Waals surface area contributed by atoms with Crippen molar-refractivity contribution in [2.45, 2.75) is 32.9 Å². The third-order valence-corrected chi connectivity index (χ3v) is 2.55. The number of aromatic nitrogens is 4. The average molecular weight is 261 g/mol. The minimum absolute atomic E-state index is 0.0595. The van der Waals surface area contributed by atoms with Crippen LogP contribution in [-0.2, 0) is 0 Å². The van der Waals surface area contributed by atoms with Crippen LogP contribution in [0, 0.1) is 0 Å². The summed E-state index contributed by atoms with van der Waals surface area (Å²) in [5, 5.41) is 10.1. The lowest BCUT2D eigenvalue weighted by molar-refractivity contribution is 0.241. The Hall–Kier alpha value is -1.95. The van der Waals surface area contributed by atoms with Crippen molar-refractivity contribution < 1.29 is 4.74 Å². The topological polar surface area (TPSA) is 75.7 Å². The number of hydrogen-bond acceptors (Lipinski definition) is 5. The van der Waals surface area contributed by atoms with Gasteiger partial charge >= 0.3 is 0 Å². The number of pyridine rings is 1. The fraction of sp³-hybridized carbons (Fsp3) is 0.462. The van der Waals surface area contributed by atoms with Crippen LogP contribution in [0.1, 0.15) is 38.2 Å². The Morgan fingerprint density at radius 1 is 1.37 bits per heavy atom. The van der Waals surface area contributed by atoms with Gasteiger partial charge in [-0.3, -0.25) is 10.1 Å². The van der Waals surface area contributed by atoms with E-state index in [2.05, 4.69) is 25.5 Å². The van der Waals surface area contributed by atoms with E-state index in [1.54, 1.807) is 6.20 Å². The lowest BCUT2D eigenvalue weighted by Crippen LogP contribution is -2.23. The first-order valence-corrected chi connectivity index (χ1v) is 6.41. The predicted molar refractivity (Wildman–Crippen MR) is 71.9 cm³/mol. The van der Waals surface area contributed by atoms with Gasteiger partial charge in [-0.15, -0.1) is 0 Å². The van der Waals surface area contributed by atoms with Crippen LogP contribution < -0.4 is 10.1 Å². The quantitative estimate of drug-likeness (QED) is 0.827. The van der Waals surface area contributed by atoms with Crippen molar-refractivity contribution in [2.75, 3.05) is 6.54 Å². The highest BCUT2D eigenvalue weighted by Gasteiger charge is 2.17. The van der Waals surface area contributed by atoms with Crippen molar-refractivity contribution >= 4 is 0 Å². The smallest absolute Gasteiger partial charge is 0.146 e. The number of hydrogen-bond donors (Lipinski definition) is 2. The highest BCUT2D eigenvalue weighted by molar-refractivity contribution is 5.29. The van der Waals surface area contributed by atoms with Gasteiger partial charge in [0, 0.05) is 6.20 Å². The van der Waals surface area contributed by atoms with E-state index in [1.165, 1.54) is 6.33 Å². The Balaban J connectivity index is 2.26. The molecule has 0 aliphatic rings. The summed E-state index contributed by atoms with van der Waals surface area (Å²) in [6.45, 7) is 6.85. The molecule has 0 radical (unpaired) electrons. The molecule has 0 saturated carbocycles. The van der Waals surface area contributed by atoms with Gasteiger partial charge in [0.2, 0.25) is 0 Å². The van der Waals surface area contributed by atoms with Gasteiger partial charge in [0.25, 0.3) is 0 Å². The molecule has 6 heteroatoms. The molecule has 0 spiro atoms. The average Bonchev–Trinajstić information content (AvgIpc) is 2.89. The van der Waals surface area contributed by atoms with Gasteiger partial charge in [-0.1, -0.05) is 6.92 Å². The summed E-state index contributed by atoms with van der Waals surface area (Å²) < 4.78 is 5.66. The van der Waals surface area contributed by atoms with E-state index in [1.807, 2.05) is 33.0 Å². The van der Waals surface area contributed by atoms with E-state index >= 15 is 0 Å². The summed E-state index contributed by atoms with van der Waals surface area (Å²) in [4.78, 5) is 8.43. The van der Waals surface area contributed by atoms with E-state index < -0.39 is 0 Å². The van der Waals surface area contributed by atoms with Crippen molar-refractivity contribution in [1.29, 1.82) is 0 Å². The highest BCUT2D eigenvalue weighted by Crippen LogP contribution is 2.22. The zero-order valence-electron chi connectivity index (χ0n) is 11.4. The lowest BCUT2D eigenvalue weighted by atomic mass is 10.1. The zero-order valence-corrected chi connectivity index (χ0v) is 11.4. The Labute approximate surface area is 112 Å². The molecule has 2 aromatic heterocycles. The first kappa shape index (κ1) is 13.5. The van der Waals surface area contributed by atoms with Crippen molar-refractivity contribution in [3.05, 3.63) is 36.2 Å². The van der Waals surface area contributed by atoms with Gasteiger partial charge < -0.3 is 10.1 Å². The summed E-state index contributed by atoms with van der Waals surface area (Å²) >= 11 is 0. The summed E-state index contributed by atoms with van der Waals surface area (Å²) in [5.74, 6) is 1.53. The van der Waals surface area contributed by atoms with Gasteiger partial charge in [-0.25, -0.2) is 4.98 Å². The largest absolute Gasteiger partial charge is 0.489 e. The number of H-pyrrole nitrogens is 1. The molecule has 0 aliphatic carbocycles. The second-order valence-electron chi connectivity index (χ2n) is 4.48. The number of rotatable bonds is 6. The van der Waals surface area contributed by atoms with E-state index in [-0.39, 0.29) is 12.1 Å². The Bertz CT molecular complexity index is 497. The summed E-state index contributed by atoms with van der Waals surface area (Å²) in [5.41, 5.74) is 0.997. The highest BCUT2D eigenvalue weighted by atomic mass is 16.5. The fourth-order valence-corrected chi connectivity index (χ4v) is 1.86. The van der Waals surface area contributed by atoms with Crippen LogP contribution >= 0.6 is 0 Å². The normalized spacial score (nSPS) is 12.6. The van der Waals surface area contributed by atoms with Crippen LogP contribution in [0.25, 0.3) is 0 Å². The van der Waals surface area contributed by atoms with Crippen LogP contribution in [-0.4, -0.2) is 32.8 Å². The van der Waals surface area contributed by atoms with Crippen LogP contribution in [0.2, 0.25) is 0 Å². The molecule has 6 nitrogen and oxygen atoms in total. The van der Waals surface area contributed by atoms with E-state index in [4.69, 9.17) is 4.74 Å². The third kappa shape index (κ3) is 3.51. The van der Waals surface area contributed by atoms with Crippen molar-refractivity contribution in [1.82, 2.24) is 25.5 Å². The maximum Gasteiger partial charge on any atom is 0.146 e. The molecule has 1 unspecified atom stereocenters. The molecule has 2 rings (SSSR count). The predicted octanol–water partition coefficient (Wildman–Crippen LogP) is 1.69. The molecule has 0 saturated heterocycles. The first-order valence-electron chi connectivity index (χ1n) is 6.41. The van der Waals surface area contributed by atoms with Gasteiger partial charge in [0.1, 0.15) is 17.9 Å². The summed E-state index contributed by atoms with van der Waals surface area (Å²) in [6.07, 6.45) is 5.15. The number of nitrogens with zero attached hydrogens (tertiary/aromatic N) is 3. The maximum absolute atomic E-state index is 5.66. The van der Waals surface area contributed by atoms with Crippen molar-refractivity contribution in [2.24, 2.45) is 0 Å².